The molecule has 2 aromatic rings. The molecule has 2 rings (SSSR count). The number of nitro groups is 1. The van der Waals surface area contributed by atoms with Crippen molar-refractivity contribution >= 4 is 33.2 Å². The number of halogens is 2. The highest BCUT2D eigenvalue weighted by atomic mass is 79.9. The van der Waals surface area contributed by atoms with Gasteiger partial charge in [0, 0.05) is 22.9 Å². The quantitative estimate of drug-likeness (QED) is 0.687. The van der Waals surface area contributed by atoms with Crippen LogP contribution in [0.4, 0.5) is 15.8 Å². The number of benzene rings is 1. The summed E-state index contributed by atoms with van der Waals surface area (Å²) in [5, 5.41) is 13.0. The number of rotatable bonds is 3. The Kier molecular flexibility index (Phi) is 4.04. The van der Waals surface area contributed by atoms with Gasteiger partial charge in [0.25, 0.3) is 11.6 Å². The van der Waals surface area contributed by atoms with E-state index in [1.807, 2.05) is 0 Å². The summed E-state index contributed by atoms with van der Waals surface area (Å²) < 4.78 is 13.8. The third kappa shape index (κ3) is 3.35. The number of nitrogens with one attached hydrogen (secondary N) is 1. The van der Waals surface area contributed by atoms with Crippen molar-refractivity contribution < 1.29 is 14.1 Å². The molecule has 0 saturated heterocycles. The number of nitro benzene ring substituents is 1. The summed E-state index contributed by atoms with van der Waals surface area (Å²) in [7, 11) is 0. The molecule has 20 heavy (non-hydrogen) atoms. The summed E-state index contributed by atoms with van der Waals surface area (Å²) in [6, 6.07) is 4.37. The minimum absolute atomic E-state index is 0.00155. The van der Waals surface area contributed by atoms with Gasteiger partial charge in [0.05, 0.1) is 22.2 Å². The van der Waals surface area contributed by atoms with E-state index in [0.717, 1.165) is 18.2 Å². The number of anilines is 1. The van der Waals surface area contributed by atoms with Gasteiger partial charge in [0.15, 0.2) is 0 Å². The Bertz CT molecular complexity index is 693. The molecular formula is C12H7BrFN3O3. The van der Waals surface area contributed by atoms with Gasteiger partial charge in [-0.25, -0.2) is 4.39 Å². The molecule has 8 heteroatoms. The van der Waals surface area contributed by atoms with Gasteiger partial charge in [-0.3, -0.25) is 19.9 Å². The number of nitrogens with zero attached hydrogens (tertiary/aromatic N) is 2. The number of non-ortho nitro benzene ring substituents is 1. The van der Waals surface area contributed by atoms with Crippen LogP contribution < -0.4 is 5.32 Å². The van der Waals surface area contributed by atoms with E-state index in [9.17, 15) is 19.3 Å². The molecule has 6 nitrogen and oxygen atoms in total. The highest BCUT2D eigenvalue weighted by Gasteiger charge is 2.13. The summed E-state index contributed by atoms with van der Waals surface area (Å²) >= 11 is 3.17. The lowest BCUT2D eigenvalue weighted by Gasteiger charge is -2.05. The van der Waals surface area contributed by atoms with Crippen LogP contribution in [0.25, 0.3) is 0 Å². The molecule has 1 heterocycles. The van der Waals surface area contributed by atoms with Gasteiger partial charge in [0.2, 0.25) is 0 Å². The standard InChI is InChI=1S/C12H7BrFN3O3/c13-8-1-7(5-15-6-8)12(18)16-10-2-9(14)3-11(4-10)17(19)20/h1-6H,(H,16,18). The number of pyridine rings is 1. The fraction of sp³-hybridized carbons (Fsp3) is 0. The maximum atomic E-state index is 13.2. The Morgan fingerprint density at radius 2 is 2.05 bits per heavy atom. The number of amides is 1. The van der Waals surface area contributed by atoms with Gasteiger partial charge in [-0.1, -0.05) is 0 Å². The highest BCUT2D eigenvalue weighted by molar-refractivity contribution is 9.10. The van der Waals surface area contributed by atoms with Crippen molar-refractivity contribution in [1.29, 1.82) is 0 Å². The zero-order valence-corrected chi connectivity index (χ0v) is 11.4. The monoisotopic (exact) mass is 339 g/mol. The van der Waals surface area contributed by atoms with Crippen LogP contribution in [0.3, 0.4) is 0 Å². The average Bonchev–Trinajstić information content (AvgIpc) is 2.37. The fourth-order valence-electron chi connectivity index (χ4n) is 1.49. The van der Waals surface area contributed by atoms with Gasteiger partial charge in [-0.15, -0.1) is 0 Å². The number of hydrogen-bond acceptors (Lipinski definition) is 4. The lowest BCUT2D eigenvalue weighted by atomic mass is 10.2. The van der Waals surface area contributed by atoms with E-state index in [4.69, 9.17) is 0 Å². The largest absolute Gasteiger partial charge is 0.322 e. The zero-order valence-electron chi connectivity index (χ0n) is 9.84. The van der Waals surface area contributed by atoms with Gasteiger partial charge in [-0.2, -0.15) is 0 Å². The molecule has 1 amide bonds. The SMILES string of the molecule is O=C(Nc1cc(F)cc([N+](=O)[O-])c1)c1cncc(Br)c1. The van der Waals surface area contributed by atoms with Crippen LogP contribution in [-0.2, 0) is 0 Å². The van der Waals surface area contributed by atoms with Gasteiger partial charge >= 0.3 is 0 Å². The van der Waals surface area contributed by atoms with Crippen LogP contribution in [0.1, 0.15) is 10.4 Å². The first kappa shape index (κ1) is 14.1. The van der Waals surface area contributed by atoms with Crippen molar-refractivity contribution in [3.8, 4) is 0 Å². The molecule has 0 radical (unpaired) electrons. The van der Waals surface area contributed by atoms with Crippen molar-refractivity contribution in [2.24, 2.45) is 0 Å². The fourth-order valence-corrected chi connectivity index (χ4v) is 1.86. The summed E-state index contributed by atoms with van der Waals surface area (Å²) in [4.78, 5) is 25.6. The third-order valence-electron chi connectivity index (χ3n) is 2.32. The van der Waals surface area contributed by atoms with Crippen molar-refractivity contribution in [2.45, 2.75) is 0 Å². The molecule has 0 fully saturated rings. The van der Waals surface area contributed by atoms with Crippen molar-refractivity contribution in [2.75, 3.05) is 5.32 Å². The smallest absolute Gasteiger partial charge is 0.274 e. The molecule has 0 atom stereocenters. The Morgan fingerprint density at radius 1 is 1.30 bits per heavy atom. The van der Waals surface area contributed by atoms with Crippen LogP contribution in [0.15, 0.2) is 41.1 Å². The Balaban J connectivity index is 2.26. The van der Waals surface area contributed by atoms with Gasteiger partial charge < -0.3 is 5.32 Å². The van der Waals surface area contributed by atoms with E-state index in [1.54, 1.807) is 0 Å². The van der Waals surface area contributed by atoms with Crippen LogP contribution in [0, 0.1) is 15.9 Å². The molecule has 0 spiro atoms. The van der Waals surface area contributed by atoms with Crippen molar-refractivity contribution in [3.63, 3.8) is 0 Å². The maximum absolute atomic E-state index is 13.2. The predicted octanol–water partition coefficient (Wildman–Crippen LogP) is 3.14. The zero-order chi connectivity index (χ0) is 14.7. The lowest BCUT2D eigenvalue weighted by molar-refractivity contribution is -0.385. The summed E-state index contributed by atoms with van der Waals surface area (Å²) in [5.74, 6) is -1.35. The number of hydrogen-bond donors (Lipinski definition) is 1. The predicted molar refractivity (Wildman–Crippen MR) is 72.9 cm³/mol. The molecule has 0 aliphatic carbocycles. The molecule has 102 valence electrons. The first-order chi connectivity index (χ1) is 9.45. The molecule has 0 unspecified atom stereocenters. The van der Waals surface area contributed by atoms with E-state index in [2.05, 4.69) is 26.2 Å². The normalized spacial score (nSPS) is 10.1. The molecule has 0 aliphatic rings. The minimum atomic E-state index is -0.804. The Labute approximate surface area is 120 Å². The summed E-state index contributed by atoms with van der Waals surface area (Å²) in [5.41, 5.74) is -0.194. The van der Waals surface area contributed by atoms with E-state index >= 15 is 0 Å². The van der Waals surface area contributed by atoms with Crippen LogP contribution in [-0.4, -0.2) is 15.8 Å². The molecule has 1 N–H and O–H groups in total. The second kappa shape index (κ2) is 5.74. The summed E-state index contributed by atoms with van der Waals surface area (Å²) in [6.07, 6.45) is 2.83. The average molecular weight is 340 g/mol. The molecule has 1 aromatic heterocycles. The Morgan fingerprint density at radius 3 is 2.70 bits per heavy atom. The highest BCUT2D eigenvalue weighted by Crippen LogP contribution is 2.21. The molecular weight excluding hydrogens is 333 g/mol. The first-order valence-corrected chi connectivity index (χ1v) is 6.12. The molecule has 0 saturated carbocycles. The van der Waals surface area contributed by atoms with Gasteiger partial charge in [0.1, 0.15) is 5.82 Å². The molecule has 0 bridgehead atoms. The third-order valence-corrected chi connectivity index (χ3v) is 2.75. The van der Waals surface area contributed by atoms with Crippen molar-refractivity contribution in [3.05, 3.63) is 62.6 Å². The summed E-state index contributed by atoms with van der Waals surface area (Å²) in [6.45, 7) is 0. The van der Waals surface area contributed by atoms with Gasteiger partial charge in [-0.05, 0) is 28.1 Å². The Hall–Kier alpha value is -2.35. The first-order valence-electron chi connectivity index (χ1n) is 5.32. The number of aromatic nitrogens is 1. The van der Waals surface area contributed by atoms with E-state index in [0.29, 0.717) is 4.47 Å². The lowest BCUT2D eigenvalue weighted by Crippen LogP contribution is -2.12. The van der Waals surface area contributed by atoms with E-state index in [-0.39, 0.29) is 11.3 Å². The second-order valence-corrected chi connectivity index (χ2v) is 4.72. The van der Waals surface area contributed by atoms with E-state index < -0.39 is 22.3 Å². The van der Waals surface area contributed by atoms with Crippen LogP contribution in [0.2, 0.25) is 0 Å². The molecule has 1 aromatic carbocycles. The van der Waals surface area contributed by atoms with Crippen LogP contribution >= 0.6 is 15.9 Å². The number of carbonyl (C=O) groups is 1. The minimum Gasteiger partial charge on any atom is -0.322 e. The van der Waals surface area contributed by atoms with E-state index in [1.165, 1.54) is 18.5 Å². The second-order valence-electron chi connectivity index (χ2n) is 3.80. The molecule has 0 aliphatic heterocycles. The van der Waals surface area contributed by atoms with Crippen molar-refractivity contribution in [1.82, 2.24) is 4.98 Å². The van der Waals surface area contributed by atoms with Crippen LogP contribution in [0.5, 0.6) is 0 Å². The maximum Gasteiger partial charge on any atom is 0.274 e. The topological polar surface area (TPSA) is 85.1 Å². The number of carbonyl (C=O) groups excluding carboxylic acids is 1.